The van der Waals surface area contributed by atoms with Gasteiger partial charge < -0.3 is 5.32 Å². The molecule has 2 N–H and O–H groups in total. The van der Waals surface area contributed by atoms with Gasteiger partial charge in [0.2, 0.25) is 0 Å². The van der Waals surface area contributed by atoms with E-state index >= 15 is 0 Å². The minimum absolute atomic E-state index is 0.182. The molecule has 1 aromatic carbocycles. The van der Waals surface area contributed by atoms with E-state index in [2.05, 4.69) is 50.1 Å². The summed E-state index contributed by atoms with van der Waals surface area (Å²) in [6, 6.07) is 10.6. The lowest BCUT2D eigenvalue weighted by Crippen LogP contribution is -2.40. The summed E-state index contributed by atoms with van der Waals surface area (Å²) in [7, 11) is 0. The molecule has 1 aromatic heterocycles. The summed E-state index contributed by atoms with van der Waals surface area (Å²) in [6.45, 7) is 6.75. The van der Waals surface area contributed by atoms with E-state index < -0.39 is 0 Å². The van der Waals surface area contributed by atoms with Gasteiger partial charge in [0.15, 0.2) is 5.82 Å². The molecule has 1 aliphatic heterocycles. The van der Waals surface area contributed by atoms with E-state index in [1.165, 1.54) is 31.2 Å². The summed E-state index contributed by atoms with van der Waals surface area (Å²) < 4.78 is 1.72. The Labute approximate surface area is 161 Å². The lowest BCUT2D eigenvalue weighted by atomic mass is 10.0. The summed E-state index contributed by atoms with van der Waals surface area (Å²) in [5.41, 5.74) is 1.24. The SMILES string of the molecule is CC(C)n1cc(NC(=O)NC[C@H](c2ccccc2)N2CCCCCC2)nn1. The molecule has 1 fully saturated rings. The minimum Gasteiger partial charge on any atom is -0.336 e. The third kappa shape index (κ3) is 5.53. The predicted molar refractivity (Wildman–Crippen MR) is 107 cm³/mol. The van der Waals surface area contributed by atoms with Gasteiger partial charge in [-0.1, -0.05) is 48.4 Å². The van der Waals surface area contributed by atoms with E-state index in [0.29, 0.717) is 12.4 Å². The fraction of sp³-hybridized carbons (Fsp3) is 0.550. The largest absolute Gasteiger partial charge is 0.336 e. The van der Waals surface area contributed by atoms with Crippen LogP contribution in [-0.4, -0.2) is 45.6 Å². The van der Waals surface area contributed by atoms with Crippen LogP contribution in [-0.2, 0) is 0 Å². The zero-order valence-corrected chi connectivity index (χ0v) is 16.3. The van der Waals surface area contributed by atoms with Crippen LogP contribution in [0.5, 0.6) is 0 Å². The third-order valence-electron chi connectivity index (χ3n) is 5.00. The van der Waals surface area contributed by atoms with Gasteiger partial charge in [-0.3, -0.25) is 10.2 Å². The number of urea groups is 1. The molecule has 1 aliphatic rings. The molecule has 0 aliphatic carbocycles. The average Bonchev–Trinajstić information content (AvgIpc) is 2.97. The first-order chi connectivity index (χ1) is 13.1. The van der Waals surface area contributed by atoms with Crippen molar-refractivity contribution in [2.24, 2.45) is 0 Å². The molecule has 3 rings (SSSR count). The fourth-order valence-corrected chi connectivity index (χ4v) is 3.48. The molecular formula is C20H30N6O. The number of anilines is 1. The van der Waals surface area contributed by atoms with Crippen LogP contribution in [0.3, 0.4) is 0 Å². The maximum Gasteiger partial charge on any atom is 0.320 e. The summed E-state index contributed by atoms with van der Waals surface area (Å²) in [6.07, 6.45) is 6.75. The topological polar surface area (TPSA) is 75.1 Å². The van der Waals surface area contributed by atoms with Crippen molar-refractivity contribution in [2.45, 2.75) is 51.6 Å². The molecule has 0 radical (unpaired) electrons. The molecule has 1 saturated heterocycles. The van der Waals surface area contributed by atoms with E-state index in [1.807, 2.05) is 19.9 Å². The molecular weight excluding hydrogens is 340 g/mol. The smallest absolute Gasteiger partial charge is 0.320 e. The van der Waals surface area contributed by atoms with Gasteiger partial charge >= 0.3 is 6.03 Å². The lowest BCUT2D eigenvalue weighted by Gasteiger charge is -2.31. The van der Waals surface area contributed by atoms with Crippen LogP contribution in [0.15, 0.2) is 36.5 Å². The van der Waals surface area contributed by atoms with Crippen LogP contribution in [0, 0.1) is 0 Å². The minimum atomic E-state index is -0.249. The number of likely N-dealkylation sites (tertiary alicyclic amines) is 1. The normalized spacial score (nSPS) is 16.7. The molecule has 2 aromatic rings. The molecule has 0 spiro atoms. The number of hydrogen-bond donors (Lipinski definition) is 2. The van der Waals surface area contributed by atoms with Crippen LogP contribution in [0.1, 0.15) is 57.2 Å². The fourth-order valence-electron chi connectivity index (χ4n) is 3.48. The molecule has 0 saturated carbocycles. The van der Waals surface area contributed by atoms with Gasteiger partial charge in [0.25, 0.3) is 0 Å². The number of aromatic nitrogens is 3. The zero-order valence-electron chi connectivity index (χ0n) is 16.3. The number of nitrogens with one attached hydrogen (secondary N) is 2. The van der Waals surface area contributed by atoms with Crippen LogP contribution in [0.2, 0.25) is 0 Å². The van der Waals surface area contributed by atoms with Gasteiger partial charge in [0.05, 0.1) is 12.2 Å². The highest BCUT2D eigenvalue weighted by molar-refractivity contribution is 5.87. The summed E-state index contributed by atoms with van der Waals surface area (Å²) >= 11 is 0. The maximum absolute atomic E-state index is 12.4. The van der Waals surface area contributed by atoms with Crippen LogP contribution < -0.4 is 10.6 Å². The standard InChI is InChI=1S/C20H30N6O/c1-16(2)26-15-19(23-24-26)22-20(27)21-14-18(17-10-6-5-7-11-17)25-12-8-3-4-9-13-25/h5-7,10-11,15-16,18H,3-4,8-9,12-14H2,1-2H3,(H2,21,22,27)/t18-/m1/s1. The van der Waals surface area contributed by atoms with Crippen molar-refractivity contribution in [1.29, 1.82) is 0 Å². The first-order valence-electron chi connectivity index (χ1n) is 9.89. The molecule has 146 valence electrons. The molecule has 7 nitrogen and oxygen atoms in total. The second-order valence-corrected chi connectivity index (χ2v) is 7.39. The van der Waals surface area contributed by atoms with Crippen molar-refractivity contribution < 1.29 is 4.79 Å². The van der Waals surface area contributed by atoms with E-state index in [9.17, 15) is 4.79 Å². The number of hydrogen-bond acceptors (Lipinski definition) is 4. The Bertz CT molecular complexity index is 706. The Kier molecular flexibility index (Phi) is 6.81. The summed E-state index contributed by atoms with van der Waals surface area (Å²) in [5, 5.41) is 13.8. The van der Waals surface area contributed by atoms with E-state index in [4.69, 9.17) is 0 Å². The predicted octanol–water partition coefficient (Wildman–Crippen LogP) is 3.60. The number of rotatable bonds is 6. The van der Waals surface area contributed by atoms with Crippen molar-refractivity contribution in [3.63, 3.8) is 0 Å². The van der Waals surface area contributed by atoms with Crippen molar-refractivity contribution >= 4 is 11.8 Å². The average molecular weight is 371 g/mol. The van der Waals surface area contributed by atoms with Gasteiger partial charge in [-0.05, 0) is 45.3 Å². The quantitative estimate of drug-likeness (QED) is 0.815. The number of carbonyl (C=O) groups is 1. The van der Waals surface area contributed by atoms with Crippen LogP contribution in [0.25, 0.3) is 0 Å². The Hall–Kier alpha value is -2.41. The second-order valence-electron chi connectivity index (χ2n) is 7.39. The molecule has 2 amide bonds. The molecule has 0 bridgehead atoms. The van der Waals surface area contributed by atoms with E-state index in [0.717, 1.165) is 13.1 Å². The highest BCUT2D eigenvalue weighted by Gasteiger charge is 2.22. The highest BCUT2D eigenvalue weighted by Crippen LogP contribution is 2.23. The van der Waals surface area contributed by atoms with Gasteiger partial charge in [-0.15, -0.1) is 5.10 Å². The number of amides is 2. The van der Waals surface area contributed by atoms with E-state index in [-0.39, 0.29) is 18.1 Å². The zero-order chi connectivity index (χ0) is 19.1. The molecule has 0 unspecified atom stereocenters. The number of nitrogens with zero attached hydrogens (tertiary/aromatic N) is 4. The first-order valence-corrected chi connectivity index (χ1v) is 9.89. The Balaban J connectivity index is 1.62. The summed E-state index contributed by atoms with van der Waals surface area (Å²) in [5.74, 6) is 0.465. The van der Waals surface area contributed by atoms with Gasteiger partial charge in [-0.2, -0.15) is 0 Å². The molecule has 2 heterocycles. The van der Waals surface area contributed by atoms with Crippen molar-refractivity contribution in [3.05, 3.63) is 42.1 Å². The Morgan fingerprint density at radius 1 is 1.11 bits per heavy atom. The monoisotopic (exact) mass is 370 g/mol. The summed E-state index contributed by atoms with van der Waals surface area (Å²) in [4.78, 5) is 14.9. The maximum atomic E-state index is 12.4. The van der Waals surface area contributed by atoms with Crippen LogP contribution >= 0.6 is 0 Å². The molecule has 27 heavy (non-hydrogen) atoms. The molecule has 7 heteroatoms. The lowest BCUT2D eigenvalue weighted by molar-refractivity contribution is 0.198. The first kappa shape index (κ1) is 19.4. The molecule has 1 atom stereocenters. The van der Waals surface area contributed by atoms with Gasteiger partial charge in [0, 0.05) is 12.6 Å². The Morgan fingerprint density at radius 2 is 1.81 bits per heavy atom. The third-order valence-corrected chi connectivity index (χ3v) is 5.00. The van der Waals surface area contributed by atoms with Crippen molar-refractivity contribution in [3.8, 4) is 0 Å². The van der Waals surface area contributed by atoms with Crippen molar-refractivity contribution in [2.75, 3.05) is 25.0 Å². The van der Waals surface area contributed by atoms with E-state index in [1.54, 1.807) is 10.9 Å². The second kappa shape index (κ2) is 9.50. The van der Waals surface area contributed by atoms with Crippen LogP contribution in [0.4, 0.5) is 10.6 Å². The van der Waals surface area contributed by atoms with Gasteiger partial charge in [-0.25, -0.2) is 9.48 Å². The highest BCUT2D eigenvalue weighted by atomic mass is 16.2. The van der Waals surface area contributed by atoms with Gasteiger partial charge in [0.1, 0.15) is 0 Å². The van der Waals surface area contributed by atoms with Crippen molar-refractivity contribution in [1.82, 2.24) is 25.2 Å². The Morgan fingerprint density at radius 3 is 2.44 bits per heavy atom. The number of carbonyl (C=O) groups excluding carboxylic acids is 1. The number of benzene rings is 1.